The topological polar surface area (TPSA) is 41.5 Å². The Hall–Kier alpha value is -1.64. The van der Waals surface area contributed by atoms with Crippen LogP contribution in [0.2, 0.25) is 0 Å². The van der Waals surface area contributed by atoms with Gasteiger partial charge in [-0.3, -0.25) is 9.79 Å². The lowest BCUT2D eigenvalue weighted by molar-refractivity contribution is -0.114. The maximum Gasteiger partial charge on any atom is 0.221 e. The lowest BCUT2D eigenvalue weighted by Crippen LogP contribution is -2.04. The number of rotatable bonds is 2. The molecule has 0 unspecified atom stereocenters. The first kappa shape index (κ1) is 9.45. The fourth-order valence-corrected chi connectivity index (χ4v) is 0.983. The van der Waals surface area contributed by atoms with E-state index in [4.69, 9.17) is 0 Å². The van der Waals surface area contributed by atoms with Crippen molar-refractivity contribution in [1.82, 2.24) is 0 Å². The van der Waals surface area contributed by atoms with Gasteiger partial charge >= 0.3 is 0 Å². The number of carbonyl (C=O) groups is 1. The first-order valence-electron chi connectivity index (χ1n) is 4.08. The van der Waals surface area contributed by atoms with Gasteiger partial charge in [0, 0.05) is 18.8 Å². The van der Waals surface area contributed by atoms with Gasteiger partial charge in [-0.15, -0.1) is 0 Å². The van der Waals surface area contributed by atoms with Gasteiger partial charge in [0.05, 0.1) is 5.69 Å². The molecule has 3 nitrogen and oxygen atoms in total. The molecule has 68 valence electrons. The summed E-state index contributed by atoms with van der Waals surface area (Å²) in [6, 6.07) is 7.35. The van der Waals surface area contributed by atoms with E-state index < -0.39 is 0 Å². The summed E-state index contributed by atoms with van der Waals surface area (Å²) >= 11 is 0. The van der Waals surface area contributed by atoms with E-state index in [9.17, 15) is 4.79 Å². The Morgan fingerprint density at radius 3 is 2.46 bits per heavy atom. The Balaban J connectivity index is 2.75. The molecule has 0 saturated carbocycles. The van der Waals surface area contributed by atoms with Crippen molar-refractivity contribution in [3.05, 3.63) is 24.3 Å². The molecule has 0 aliphatic heterocycles. The molecule has 0 atom stereocenters. The van der Waals surface area contributed by atoms with Crippen molar-refractivity contribution in [2.45, 2.75) is 13.8 Å². The Morgan fingerprint density at radius 1 is 1.38 bits per heavy atom. The van der Waals surface area contributed by atoms with Crippen LogP contribution in [0.5, 0.6) is 0 Å². The second kappa shape index (κ2) is 4.40. The summed E-state index contributed by atoms with van der Waals surface area (Å²) in [7, 11) is 0. The molecule has 0 heterocycles. The third-order valence-electron chi connectivity index (χ3n) is 1.47. The molecule has 0 spiro atoms. The van der Waals surface area contributed by atoms with E-state index in [1.807, 2.05) is 31.2 Å². The molecule has 0 radical (unpaired) electrons. The van der Waals surface area contributed by atoms with Crippen molar-refractivity contribution in [1.29, 1.82) is 0 Å². The minimum absolute atomic E-state index is 0.0632. The highest BCUT2D eigenvalue weighted by Gasteiger charge is 1.93. The van der Waals surface area contributed by atoms with Crippen LogP contribution in [-0.4, -0.2) is 12.1 Å². The van der Waals surface area contributed by atoms with Crippen LogP contribution in [0.4, 0.5) is 11.4 Å². The van der Waals surface area contributed by atoms with Crippen LogP contribution < -0.4 is 5.32 Å². The highest BCUT2D eigenvalue weighted by molar-refractivity contribution is 5.88. The molecule has 0 aliphatic rings. The second-order valence-electron chi connectivity index (χ2n) is 2.62. The van der Waals surface area contributed by atoms with Gasteiger partial charge in [-0.25, -0.2) is 0 Å². The van der Waals surface area contributed by atoms with Crippen molar-refractivity contribution in [3.63, 3.8) is 0 Å². The number of hydrogen-bond donors (Lipinski definition) is 1. The fraction of sp³-hybridized carbons (Fsp3) is 0.200. The van der Waals surface area contributed by atoms with E-state index in [0.29, 0.717) is 0 Å². The molecule has 1 aromatic rings. The number of carbonyl (C=O) groups excluding carboxylic acids is 1. The molecule has 0 aliphatic carbocycles. The predicted molar refractivity (Wildman–Crippen MR) is 54.6 cm³/mol. The Morgan fingerprint density at radius 2 is 2.00 bits per heavy atom. The van der Waals surface area contributed by atoms with E-state index in [1.54, 1.807) is 6.21 Å². The Kier molecular flexibility index (Phi) is 3.20. The zero-order valence-electron chi connectivity index (χ0n) is 7.74. The van der Waals surface area contributed by atoms with Crippen LogP contribution in [-0.2, 0) is 4.79 Å². The highest BCUT2D eigenvalue weighted by Crippen LogP contribution is 2.15. The second-order valence-corrected chi connectivity index (χ2v) is 2.62. The molecule has 1 aromatic carbocycles. The number of benzene rings is 1. The van der Waals surface area contributed by atoms with E-state index in [-0.39, 0.29) is 5.91 Å². The van der Waals surface area contributed by atoms with E-state index in [1.165, 1.54) is 6.92 Å². The zero-order valence-corrected chi connectivity index (χ0v) is 7.74. The first-order valence-corrected chi connectivity index (χ1v) is 4.08. The van der Waals surface area contributed by atoms with Crippen LogP contribution in [0.3, 0.4) is 0 Å². The van der Waals surface area contributed by atoms with E-state index in [2.05, 4.69) is 10.3 Å². The van der Waals surface area contributed by atoms with Gasteiger partial charge in [-0.1, -0.05) is 0 Å². The fourth-order valence-electron chi connectivity index (χ4n) is 0.983. The van der Waals surface area contributed by atoms with Crippen molar-refractivity contribution in [2.24, 2.45) is 4.99 Å². The number of hydrogen-bond acceptors (Lipinski definition) is 2. The van der Waals surface area contributed by atoms with Crippen LogP contribution in [0, 0.1) is 0 Å². The molecule has 0 saturated heterocycles. The molecule has 13 heavy (non-hydrogen) atoms. The molecular weight excluding hydrogens is 164 g/mol. The summed E-state index contributed by atoms with van der Waals surface area (Å²) in [6.07, 6.45) is 1.73. The molecule has 1 rings (SSSR count). The van der Waals surface area contributed by atoms with Crippen molar-refractivity contribution < 1.29 is 4.79 Å². The minimum Gasteiger partial charge on any atom is -0.326 e. The number of amides is 1. The average Bonchev–Trinajstić information content (AvgIpc) is 2.08. The van der Waals surface area contributed by atoms with Crippen molar-refractivity contribution in [3.8, 4) is 0 Å². The van der Waals surface area contributed by atoms with E-state index in [0.717, 1.165) is 11.4 Å². The van der Waals surface area contributed by atoms with Crippen LogP contribution in [0.15, 0.2) is 29.3 Å². The largest absolute Gasteiger partial charge is 0.326 e. The summed E-state index contributed by atoms with van der Waals surface area (Å²) in [5, 5.41) is 2.68. The van der Waals surface area contributed by atoms with Crippen LogP contribution in [0.1, 0.15) is 13.8 Å². The van der Waals surface area contributed by atoms with Crippen LogP contribution in [0.25, 0.3) is 0 Å². The standard InChI is InChI=1S/C10H12N2O/c1-3-11-9-4-6-10(7-5-9)12-8(2)13/h3-7H,1-2H3,(H,12,13)/b11-3-. The van der Waals surface area contributed by atoms with Gasteiger partial charge in [-0.2, -0.15) is 0 Å². The summed E-state index contributed by atoms with van der Waals surface area (Å²) in [5.41, 5.74) is 1.68. The number of nitrogens with one attached hydrogen (secondary N) is 1. The van der Waals surface area contributed by atoms with Gasteiger partial charge in [0.25, 0.3) is 0 Å². The maximum absolute atomic E-state index is 10.7. The summed E-state index contributed by atoms with van der Waals surface area (Å²) < 4.78 is 0. The van der Waals surface area contributed by atoms with E-state index >= 15 is 0 Å². The molecule has 3 heteroatoms. The molecule has 0 aromatic heterocycles. The van der Waals surface area contributed by atoms with Gasteiger partial charge in [0.1, 0.15) is 0 Å². The number of aliphatic imine (C=N–C) groups is 1. The number of nitrogens with zero attached hydrogens (tertiary/aromatic N) is 1. The van der Waals surface area contributed by atoms with Gasteiger partial charge in [-0.05, 0) is 31.2 Å². The molecular formula is C10H12N2O. The molecule has 1 N–H and O–H groups in total. The monoisotopic (exact) mass is 176 g/mol. The molecule has 0 bridgehead atoms. The lowest BCUT2D eigenvalue weighted by atomic mass is 10.3. The third kappa shape index (κ3) is 3.07. The van der Waals surface area contributed by atoms with Crippen molar-refractivity contribution >= 4 is 23.5 Å². The first-order chi connectivity index (χ1) is 6.22. The molecule has 0 fully saturated rings. The van der Waals surface area contributed by atoms with Crippen molar-refractivity contribution in [2.75, 3.05) is 5.32 Å². The minimum atomic E-state index is -0.0632. The lowest BCUT2D eigenvalue weighted by Gasteiger charge is -2.00. The van der Waals surface area contributed by atoms with Crippen LogP contribution >= 0.6 is 0 Å². The predicted octanol–water partition coefficient (Wildman–Crippen LogP) is 2.37. The normalized spacial score (nSPS) is 10.3. The maximum atomic E-state index is 10.7. The van der Waals surface area contributed by atoms with Gasteiger partial charge < -0.3 is 5.32 Å². The number of anilines is 1. The smallest absolute Gasteiger partial charge is 0.221 e. The SMILES string of the molecule is C/C=N\c1ccc(NC(C)=O)cc1. The average molecular weight is 176 g/mol. The Bertz CT molecular complexity index is 314. The summed E-state index contributed by atoms with van der Waals surface area (Å²) in [4.78, 5) is 14.8. The highest BCUT2D eigenvalue weighted by atomic mass is 16.1. The quantitative estimate of drug-likeness (QED) is 0.690. The third-order valence-corrected chi connectivity index (χ3v) is 1.47. The Labute approximate surface area is 77.5 Å². The summed E-state index contributed by atoms with van der Waals surface area (Å²) in [6.45, 7) is 3.35. The van der Waals surface area contributed by atoms with Gasteiger partial charge in [0.2, 0.25) is 5.91 Å². The molecule has 1 amide bonds. The van der Waals surface area contributed by atoms with Gasteiger partial charge in [0.15, 0.2) is 0 Å². The zero-order chi connectivity index (χ0) is 9.68. The summed E-state index contributed by atoms with van der Waals surface area (Å²) in [5.74, 6) is -0.0632.